The van der Waals surface area contributed by atoms with Crippen molar-refractivity contribution in [3.63, 3.8) is 0 Å². The smallest absolute Gasteiger partial charge is 0.244 e. The van der Waals surface area contributed by atoms with Gasteiger partial charge in [0.2, 0.25) is 10.0 Å². The molecule has 0 amide bonds. The molecule has 132 valence electrons. The minimum absolute atomic E-state index is 0.0425. The summed E-state index contributed by atoms with van der Waals surface area (Å²) in [6, 6.07) is 3.06. The van der Waals surface area contributed by atoms with Crippen molar-refractivity contribution >= 4 is 21.6 Å². The van der Waals surface area contributed by atoms with Crippen LogP contribution in [0.1, 0.15) is 31.4 Å². The SMILES string of the molecule is CCCn1cc(CNS(=O)(=O)c2cc(Cl)c(C)cc2OCC)cn1. The number of nitrogens with one attached hydrogen (secondary N) is 1. The highest BCUT2D eigenvalue weighted by molar-refractivity contribution is 7.89. The molecule has 1 heterocycles. The molecule has 2 aromatic rings. The van der Waals surface area contributed by atoms with Crippen LogP contribution < -0.4 is 9.46 Å². The summed E-state index contributed by atoms with van der Waals surface area (Å²) in [4.78, 5) is 0.0425. The van der Waals surface area contributed by atoms with Gasteiger partial charge in [0.05, 0.1) is 12.8 Å². The van der Waals surface area contributed by atoms with Gasteiger partial charge in [-0.1, -0.05) is 18.5 Å². The fraction of sp³-hybridized carbons (Fsp3) is 0.438. The minimum Gasteiger partial charge on any atom is -0.492 e. The summed E-state index contributed by atoms with van der Waals surface area (Å²) in [5.41, 5.74) is 1.56. The van der Waals surface area contributed by atoms with Crippen molar-refractivity contribution < 1.29 is 13.2 Å². The second kappa shape index (κ2) is 8.00. The summed E-state index contributed by atoms with van der Waals surface area (Å²) < 4.78 is 35.1. The molecule has 0 radical (unpaired) electrons. The van der Waals surface area contributed by atoms with E-state index >= 15 is 0 Å². The summed E-state index contributed by atoms with van der Waals surface area (Å²) >= 11 is 6.09. The molecule has 8 heteroatoms. The normalized spacial score (nSPS) is 11.7. The molecule has 0 atom stereocenters. The molecule has 0 saturated carbocycles. The van der Waals surface area contributed by atoms with Crippen molar-refractivity contribution in [2.45, 2.75) is 45.2 Å². The van der Waals surface area contributed by atoms with E-state index < -0.39 is 10.0 Å². The Morgan fingerprint density at radius 1 is 1.33 bits per heavy atom. The minimum atomic E-state index is -3.75. The third-order valence-corrected chi connectivity index (χ3v) is 5.25. The van der Waals surface area contributed by atoms with Crippen LogP contribution in [0.5, 0.6) is 5.75 Å². The van der Waals surface area contributed by atoms with Gasteiger partial charge < -0.3 is 4.74 Å². The van der Waals surface area contributed by atoms with Crippen molar-refractivity contribution in [1.82, 2.24) is 14.5 Å². The summed E-state index contributed by atoms with van der Waals surface area (Å²) in [5, 5.41) is 4.57. The first-order valence-electron chi connectivity index (χ1n) is 7.81. The molecule has 0 aliphatic carbocycles. The van der Waals surface area contributed by atoms with E-state index in [1.165, 1.54) is 6.07 Å². The van der Waals surface area contributed by atoms with E-state index in [-0.39, 0.29) is 11.4 Å². The number of ether oxygens (including phenoxy) is 1. The molecule has 24 heavy (non-hydrogen) atoms. The van der Waals surface area contributed by atoms with Gasteiger partial charge in [-0.2, -0.15) is 5.10 Å². The molecule has 0 fully saturated rings. The summed E-state index contributed by atoms with van der Waals surface area (Å²) in [5.74, 6) is 0.300. The molecular formula is C16H22ClN3O3S. The number of aromatic nitrogens is 2. The summed E-state index contributed by atoms with van der Waals surface area (Å²) in [6.07, 6.45) is 4.45. The molecule has 1 aromatic carbocycles. The van der Waals surface area contributed by atoms with Crippen LogP contribution in [0.3, 0.4) is 0 Å². The Balaban J connectivity index is 2.21. The molecule has 1 aromatic heterocycles. The number of rotatable bonds is 8. The Morgan fingerprint density at radius 3 is 2.75 bits per heavy atom. The van der Waals surface area contributed by atoms with Crippen LogP contribution in [0.25, 0.3) is 0 Å². The van der Waals surface area contributed by atoms with Crippen LogP contribution in [-0.4, -0.2) is 24.8 Å². The van der Waals surface area contributed by atoms with E-state index in [2.05, 4.69) is 16.7 Å². The highest BCUT2D eigenvalue weighted by atomic mass is 35.5. The van der Waals surface area contributed by atoms with Crippen LogP contribution >= 0.6 is 11.6 Å². The maximum Gasteiger partial charge on any atom is 0.244 e. The average Bonchev–Trinajstić information content (AvgIpc) is 2.97. The van der Waals surface area contributed by atoms with Crippen LogP contribution in [0.4, 0.5) is 0 Å². The fourth-order valence-electron chi connectivity index (χ4n) is 2.22. The van der Waals surface area contributed by atoms with Crippen molar-refractivity contribution in [1.29, 1.82) is 0 Å². The molecule has 0 spiro atoms. The van der Waals surface area contributed by atoms with E-state index in [4.69, 9.17) is 16.3 Å². The first-order valence-corrected chi connectivity index (χ1v) is 9.67. The lowest BCUT2D eigenvalue weighted by Crippen LogP contribution is -2.24. The summed E-state index contributed by atoms with van der Waals surface area (Å²) in [6.45, 7) is 6.98. The number of aryl methyl sites for hydroxylation is 2. The molecule has 2 rings (SSSR count). The quantitative estimate of drug-likeness (QED) is 0.773. The van der Waals surface area contributed by atoms with E-state index in [1.54, 1.807) is 30.8 Å². The Morgan fingerprint density at radius 2 is 2.08 bits per heavy atom. The van der Waals surface area contributed by atoms with Crippen molar-refractivity contribution in [3.05, 3.63) is 40.7 Å². The van der Waals surface area contributed by atoms with Crippen LogP contribution in [0, 0.1) is 6.92 Å². The number of benzene rings is 1. The molecule has 0 unspecified atom stereocenters. The molecule has 0 aliphatic rings. The van der Waals surface area contributed by atoms with Gasteiger partial charge in [0.25, 0.3) is 0 Å². The third-order valence-electron chi connectivity index (χ3n) is 3.42. The van der Waals surface area contributed by atoms with Crippen molar-refractivity contribution in [2.24, 2.45) is 0 Å². The molecule has 6 nitrogen and oxygen atoms in total. The molecule has 1 N–H and O–H groups in total. The Kier molecular flexibility index (Phi) is 6.26. The maximum absolute atomic E-state index is 12.6. The number of sulfonamides is 1. The molecular weight excluding hydrogens is 350 g/mol. The average molecular weight is 372 g/mol. The standard InChI is InChI=1S/C16H22ClN3O3S/c1-4-6-20-11-13(9-18-20)10-19-24(21,22)16-8-14(17)12(3)7-15(16)23-5-2/h7-9,11,19H,4-6,10H2,1-3H3. The van der Waals surface area contributed by atoms with Gasteiger partial charge in [0.1, 0.15) is 10.6 Å². The number of hydrogen-bond acceptors (Lipinski definition) is 4. The lowest BCUT2D eigenvalue weighted by molar-refractivity contribution is 0.330. The number of hydrogen-bond donors (Lipinski definition) is 1. The summed E-state index contributed by atoms with van der Waals surface area (Å²) in [7, 11) is -3.75. The van der Waals surface area contributed by atoms with E-state index in [1.807, 2.05) is 6.20 Å². The first-order chi connectivity index (χ1) is 11.4. The van der Waals surface area contributed by atoms with Gasteiger partial charge in [-0.15, -0.1) is 0 Å². The first kappa shape index (κ1) is 18.8. The monoisotopic (exact) mass is 371 g/mol. The van der Waals surface area contributed by atoms with E-state index in [0.29, 0.717) is 17.4 Å². The van der Waals surface area contributed by atoms with Gasteiger partial charge in [-0.3, -0.25) is 4.68 Å². The lowest BCUT2D eigenvalue weighted by Gasteiger charge is -2.13. The largest absolute Gasteiger partial charge is 0.492 e. The number of halogens is 1. The van der Waals surface area contributed by atoms with Gasteiger partial charge >= 0.3 is 0 Å². The highest BCUT2D eigenvalue weighted by Crippen LogP contribution is 2.30. The lowest BCUT2D eigenvalue weighted by atomic mass is 10.2. The zero-order chi connectivity index (χ0) is 17.7. The Hall–Kier alpha value is -1.57. The predicted molar refractivity (Wildman–Crippen MR) is 93.9 cm³/mol. The number of nitrogens with zero attached hydrogens (tertiary/aromatic N) is 2. The van der Waals surface area contributed by atoms with Crippen molar-refractivity contribution in [2.75, 3.05) is 6.61 Å². The van der Waals surface area contributed by atoms with E-state index in [0.717, 1.165) is 24.1 Å². The fourth-order valence-corrected chi connectivity index (χ4v) is 3.62. The maximum atomic E-state index is 12.6. The Bertz CT molecular complexity index is 803. The molecule has 0 aliphatic heterocycles. The second-order valence-electron chi connectivity index (χ2n) is 5.42. The van der Waals surface area contributed by atoms with E-state index in [9.17, 15) is 8.42 Å². The van der Waals surface area contributed by atoms with Gasteiger partial charge in [-0.25, -0.2) is 13.1 Å². The third kappa shape index (κ3) is 4.49. The highest BCUT2D eigenvalue weighted by Gasteiger charge is 2.21. The zero-order valence-electron chi connectivity index (χ0n) is 14.0. The van der Waals surface area contributed by atoms with Crippen LogP contribution in [0.15, 0.2) is 29.4 Å². The Labute approximate surface area is 147 Å². The second-order valence-corrected chi connectivity index (χ2v) is 7.56. The van der Waals surface area contributed by atoms with Crippen molar-refractivity contribution in [3.8, 4) is 5.75 Å². The van der Waals surface area contributed by atoms with Gasteiger partial charge in [0, 0.05) is 29.9 Å². The molecule has 0 saturated heterocycles. The van der Waals surface area contributed by atoms with Crippen LogP contribution in [0.2, 0.25) is 5.02 Å². The zero-order valence-corrected chi connectivity index (χ0v) is 15.6. The van der Waals surface area contributed by atoms with Gasteiger partial charge in [0.15, 0.2) is 0 Å². The molecule has 0 bridgehead atoms. The topological polar surface area (TPSA) is 73.2 Å². The van der Waals surface area contributed by atoms with Crippen LogP contribution in [-0.2, 0) is 23.1 Å². The predicted octanol–water partition coefficient (Wildman–Crippen LogP) is 3.13. The van der Waals surface area contributed by atoms with Gasteiger partial charge in [-0.05, 0) is 38.0 Å².